The number of carbonyl (C=O) groups excluding carboxylic acids is 1. The first-order valence-electron chi connectivity index (χ1n) is 3.99. The minimum atomic E-state index is -0.513. The number of ketones is 1. The Morgan fingerprint density at radius 1 is 1.43 bits per heavy atom. The summed E-state index contributed by atoms with van der Waals surface area (Å²) >= 11 is 3.00. The molecular formula is C10H6BrFO2. The molecule has 0 saturated heterocycles. The molecule has 0 amide bonds. The molecule has 0 spiro atoms. The van der Waals surface area contributed by atoms with E-state index < -0.39 is 5.82 Å². The molecule has 0 N–H and O–H groups in total. The maximum atomic E-state index is 13.6. The first-order chi connectivity index (χ1) is 6.74. The summed E-state index contributed by atoms with van der Waals surface area (Å²) in [5.41, 5.74) is 0.546. The van der Waals surface area contributed by atoms with Crippen LogP contribution in [-0.2, 0) is 0 Å². The standard InChI is InChI=1S/C10H6BrFO2/c11-5-8(13)6-1-2-9-7(10(6)12)3-4-14-9/h1-4H,5H2. The highest BCUT2D eigenvalue weighted by Gasteiger charge is 2.14. The van der Waals surface area contributed by atoms with Gasteiger partial charge in [-0.25, -0.2) is 4.39 Å². The minimum absolute atomic E-state index is 0.0933. The summed E-state index contributed by atoms with van der Waals surface area (Å²) in [6.07, 6.45) is 1.40. The molecule has 2 rings (SSSR count). The van der Waals surface area contributed by atoms with Crippen LogP contribution in [-0.4, -0.2) is 11.1 Å². The van der Waals surface area contributed by atoms with E-state index in [0.29, 0.717) is 11.0 Å². The van der Waals surface area contributed by atoms with Gasteiger partial charge >= 0.3 is 0 Å². The highest BCUT2D eigenvalue weighted by atomic mass is 79.9. The van der Waals surface area contributed by atoms with E-state index in [1.54, 1.807) is 6.07 Å². The number of furan rings is 1. The fraction of sp³-hybridized carbons (Fsp3) is 0.100. The van der Waals surface area contributed by atoms with E-state index in [2.05, 4.69) is 15.9 Å². The number of rotatable bonds is 2. The summed E-state index contributed by atoms with van der Waals surface area (Å²) in [6, 6.07) is 4.54. The molecule has 0 fully saturated rings. The minimum Gasteiger partial charge on any atom is -0.464 e. The van der Waals surface area contributed by atoms with E-state index in [4.69, 9.17) is 4.42 Å². The van der Waals surface area contributed by atoms with Gasteiger partial charge in [-0.15, -0.1) is 0 Å². The highest BCUT2D eigenvalue weighted by Crippen LogP contribution is 2.22. The summed E-state index contributed by atoms with van der Waals surface area (Å²) in [7, 11) is 0. The zero-order valence-corrected chi connectivity index (χ0v) is 8.67. The lowest BCUT2D eigenvalue weighted by atomic mass is 10.1. The Morgan fingerprint density at radius 3 is 2.93 bits per heavy atom. The summed E-state index contributed by atoms with van der Waals surface area (Å²) in [5.74, 6) is -0.786. The van der Waals surface area contributed by atoms with Crippen LogP contribution >= 0.6 is 15.9 Å². The number of alkyl halides is 1. The maximum Gasteiger partial charge on any atom is 0.176 e. The third-order valence-electron chi connectivity index (χ3n) is 1.99. The fourth-order valence-electron chi connectivity index (χ4n) is 1.30. The van der Waals surface area contributed by atoms with Crippen LogP contribution in [0.3, 0.4) is 0 Å². The molecule has 1 heterocycles. The molecular weight excluding hydrogens is 251 g/mol. The summed E-state index contributed by atoms with van der Waals surface area (Å²) < 4.78 is 18.6. The molecule has 0 unspecified atom stereocenters. The van der Waals surface area contributed by atoms with Crippen LogP contribution in [0.4, 0.5) is 4.39 Å². The number of halogens is 2. The Balaban J connectivity index is 2.67. The van der Waals surface area contributed by atoms with Crippen LogP contribution < -0.4 is 0 Å². The normalized spacial score (nSPS) is 10.7. The van der Waals surface area contributed by atoms with Crippen molar-refractivity contribution in [1.82, 2.24) is 0 Å². The van der Waals surface area contributed by atoms with Crippen LogP contribution in [0.1, 0.15) is 10.4 Å². The number of hydrogen-bond acceptors (Lipinski definition) is 2. The molecule has 72 valence electrons. The maximum absolute atomic E-state index is 13.6. The predicted octanol–water partition coefficient (Wildman–Crippen LogP) is 3.15. The first kappa shape index (κ1) is 9.40. The Bertz CT molecular complexity index is 490. The van der Waals surface area contributed by atoms with E-state index in [-0.39, 0.29) is 16.7 Å². The van der Waals surface area contributed by atoms with Crippen molar-refractivity contribution in [3.05, 3.63) is 35.8 Å². The lowest BCUT2D eigenvalue weighted by Crippen LogP contribution is -2.03. The predicted molar refractivity (Wildman–Crippen MR) is 54.3 cm³/mol. The molecule has 4 heteroatoms. The van der Waals surface area contributed by atoms with Crippen molar-refractivity contribution in [3.8, 4) is 0 Å². The molecule has 0 atom stereocenters. The average Bonchev–Trinajstić information content (AvgIpc) is 2.66. The monoisotopic (exact) mass is 256 g/mol. The summed E-state index contributed by atoms with van der Waals surface area (Å²) in [5, 5.41) is 0.463. The third-order valence-corrected chi connectivity index (χ3v) is 2.50. The highest BCUT2D eigenvalue weighted by molar-refractivity contribution is 9.09. The number of carbonyl (C=O) groups is 1. The van der Waals surface area contributed by atoms with Gasteiger partial charge < -0.3 is 4.42 Å². The molecule has 0 aliphatic rings. The lowest BCUT2D eigenvalue weighted by Gasteiger charge is -1.99. The van der Waals surface area contributed by atoms with Crippen molar-refractivity contribution in [1.29, 1.82) is 0 Å². The van der Waals surface area contributed by atoms with Gasteiger partial charge in [0, 0.05) is 0 Å². The second-order valence-corrected chi connectivity index (χ2v) is 3.38. The van der Waals surface area contributed by atoms with Crippen LogP contribution in [0.15, 0.2) is 28.9 Å². The molecule has 2 aromatic rings. The number of hydrogen-bond donors (Lipinski definition) is 0. The van der Waals surface area contributed by atoms with Crippen LogP contribution in [0.5, 0.6) is 0 Å². The number of benzene rings is 1. The van der Waals surface area contributed by atoms with Crippen LogP contribution in [0, 0.1) is 5.82 Å². The quantitative estimate of drug-likeness (QED) is 0.611. The zero-order valence-electron chi connectivity index (χ0n) is 7.09. The van der Waals surface area contributed by atoms with Crippen molar-refractivity contribution < 1.29 is 13.6 Å². The summed E-state index contributed by atoms with van der Waals surface area (Å²) in [6.45, 7) is 0. The molecule has 14 heavy (non-hydrogen) atoms. The topological polar surface area (TPSA) is 30.2 Å². The molecule has 0 aliphatic carbocycles. The molecule has 1 aromatic heterocycles. The molecule has 0 radical (unpaired) electrons. The van der Waals surface area contributed by atoms with Crippen LogP contribution in [0.2, 0.25) is 0 Å². The van der Waals surface area contributed by atoms with Gasteiger partial charge in [-0.05, 0) is 18.2 Å². The molecule has 0 saturated carbocycles. The first-order valence-corrected chi connectivity index (χ1v) is 5.11. The van der Waals surface area contributed by atoms with E-state index in [1.807, 2.05) is 0 Å². The SMILES string of the molecule is O=C(CBr)c1ccc2occc2c1F. The Kier molecular flexibility index (Phi) is 2.37. The molecule has 0 bridgehead atoms. The fourth-order valence-corrected chi connectivity index (χ4v) is 1.60. The van der Waals surface area contributed by atoms with Gasteiger partial charge in [0.1, 0.15) is 11.4 Å². The van der Waals surface area contributed by atoms with Gasteiger partial charge in [-0.3, -0.25) is 4.79 Å². The van der Waals surface area contributed by atoms with Gasteiger partial charge in [0.05, 0.1) is 22.5 Å². The van der Waals surface area contributed by atoms with E-state index in [1.165, 1.54) is 18.4 Å². The van der Waals surface area contributed by atoms with Crippen molar-refractivity contribution in [2.75, 3.05) is 5.33 Å². The zero-order chi connectivity index (χ0) is 10.1. The largest absolute Gasteiger partial charge is 0.464 e. The third kappa shape index (κ3) is 1.35. The van der Waals surface area contributed by atoms with Crippen LogP contribution in [0.25, 0.3) is 11.0 Å². The molecule has 0 aliphatic heterocycles. The molecule has 2 nitrogen and oxygen atoms in total. The number of Topliss-reactive ketones (excluding diaryl/α,β-unsaturated/α-hetero) is 1. The van der Waals surface area contributed by atoms with Gasteiger partial charge in [0.25, 0.3) is 0 Å². The Hall–Kier alpha value is -1.16. The van der Waals surface area contributed by atoms with E-state index in [9.17, 15) is 9.18 Å². The van der Waals surface area contributed by atoms with E-state index in [0.717, 1.165) is 0 Å². The van der Waals surface area contributed by atoms with Gasteiger partial charge in [0.15, 0.2) is 5.78 Å². The van der Waals surface area contributed by atoms with Crippen molar-refractivity contribution in [3.63, 3.8) is 0 Å². The second-order valence-electron chi connectivity index (χ2n) is 2.82. The smallest absolute Gasteiger partial charge is 0.176 e. The second kappa shape index (κ2) is 3.53. The number of fused-ring (bicyclic) bond motifs is 1. The Morgan fingerprint density at radius 2 is 2.21 bits per heavy atom. The lowest BCUT2D eigenvalue weighted by molar-refractivity contribution is 0.102. The van der Waals surface area contributed by atoms with Gasteiger partial charge in [-0.1, -0.05) is 15.9 Å². The van der Waals surface area contributed by atoms with E-state index >= 15 is 0 Å². The van der Waals surface area contributed by atoms with Crippen molar-refractivity contribution >= 4 is 32.7 Å². The van der Waals surface area contributed by atoms with Gasteiger partial charge in [-0.2, -0.15) is 0 Å². The van der Waals surface area contributed by atoms with Gasteiger partial charge in [0.2, 0.25) is 0 Å². The van der Waals surface area contributed by atoms with Crippen molar-refractivity contribution in [2.24, 2.45) is 0 Å². The van der Waals surface area contributed by atoms with Crippen molar-refractivity contribution in [2.45, 2.75) is 0 Å². The summed E-state index contributed by atoms with van der Waals surface area (Å²) in [4.78, 5) is 11.3. The Labute approximate surface area is 87.8 Å². The molecule has 1 aromatic carbocycles. The average molecular weight is 257 g/mol.